The molecule has 2 aromatic rings. The molecule has 0 radical (unpaired) electrons. The van der Waals surface area contributed by atoms with Gasteiger partial charge in [-0.1, -0.05) is 6.92 Å². The Labute approximate surface area is 190 Å². The minimum absolute atomic E-state index is 0.0938. The molecule has 1 saturated heterocycles. The van der Waals surface area contributed by atoms with Gasteiger partial charge in [-0.2, -0.15) is 0 Å². The summed E-state index contributed by atoms with van der Waals surface area (Å²) >= 11 is 3.64. The number of nitrogens with one attached hydrogen (secondary N) is 1. The minimum Gasteiger partial charge on any atom is -0.339 e. The van der Waals surface area contributed by atoms with E-state index in [0.29, 0.717) is 30.3 Å². The first-order chi connectivity index (χ1) is 13.7. The number of nitrogens with zero attached hydrogens (tertiary/aromatic N) is 1. The zero-order chi connectivity index (χ0) is 21.2. The van der Waals surface area contributed by atoms with Crippen LogP contribution in [0.1, 0.15) is 35.7 Å². The standard InChI is InChI=1S/C21H25IN2O3S2/c1-14-8-10-24(11-9-14)21(25)18-13-17(5-7-20(18)28-3)29(26,27)23-19-6-4-16(22)12-15(19)2/h4-7,12-14,23H,8-11H2,1-3H3. The van der Waals surface area contributed by atoms with E-state index >= 15 is 0 Å². The molecule has 0 unspecified atom stereocenters. The fourth-order valence-corrected chi connectivity index (χ4v) is 5.72. The highest BCUT2D eigenvalue weighted by molar-refractivity contribution is 14.1. The van der Waals surface area contributed by atoms with Gasteiger partial charge in [0.1, 0.15) is 0 Å². The zero-order valence-electron chi connectivity index (χ0n) is 16.7. The molecule has 2 aromatic carbocycles. The minimum atomic E-state index is -3.80. The van der Waals surface area contributed by atoms with Crippen LogP contribution in [-0.2, 0) is 10.0 Å². The van der Waals surface area contributed by atoms with Crippen LogP contribution in [0.3, 0.4) is 0 Å². The molecule has 1 amide bonds. The number of aryl methyl sites for hydroxylation is 1. The van der Waals surface area contributed by atoms with Crippen LogP contribution in [-0.4, -0.2) is 38.6 Å². The van der Waals surface area contributed by atoms with E-state index < -0.39 is 10.0 Å². The smallest absolute Gasteiger partial charge is 0.261 e. The monoisotopic (exact) mass is 544 g/mol. The Morgan fingerprint density at radius 1 is 1.17 bits per heavy atom. The molecule has 156 valence electrons. The molecule has 0 saturated carbocycles. The fraction of sp³-hybridized carbons (Fsp3) is 0.381. The molecule has 0 aromatic heterocycles. The number of likely N-dealkylation sites (tertiary alicyclic amines) is 1. The third-order valence-electron chi connectivity index (χ3n) is 5.22. The van der Waals surface area contributed by atoms with Gasteiger partial charge in [-0.3, -0.25) is 9.52 Å². The SMILES string of the molecule is CSc1ccc(S(=O)(=O)Nc2ccc(I)cc2C)cc1C(=O)N1CCC(C)CC1. The third-order valence-corrected chi connectivity index (χ3v) is 8.05. The van der Waals surface area contributed by atoms with E-state index in [9.17, 15) is 13.2 Å². The highest BCUT2D eigenvalue weighted by Gasteiger charge is 2.25. The summed E-state index contributed by atoms with van der Waals surface area (Å²) in [4.78, 5) is 15.8. The van der Waals surface area contributed by atoms with E-state index in [-0.39, 0.29) is 10.8 Å². The Morgan fingerprint density at radius 3 is 2.48 bits per heavy atom. The zero-order valence-corrected chi connectivity index (χ0v) is 20.5. The number of amides is 1. The number of anilines is 1. The molecule has 0 spiro atoms. The van der Waals surface area contributed by atoms with Crippen molar-refractivity contribution in [2.75, 3.05) is 24.1 Å². The van der Waals surface area contributed by atoms with Crippen LogP contribution >= 0.6 is 34.4 Å². The molecule has 0 aliphatic carbocycles. The van der Waals surface area contributed by atoms with Gasteiger partial charge in [-0.25, -0.2) is 8.42 Å². The molecule has 5 nitrogen and oxygen atoms in total. The third kappa shape index (κ3) is 5.27. The Bertz CT molecular complexity index is 1020. The van der Waals surface area contributed by atoms with Gasteiger partial charge in [0.25, 0.3) is 15.9 Å². The van der Waals surface area contributed by atoms with Crippen molar-refractivity contribution in [1.82, 2.24) is 4.90 Å². The summed E-state index contributed by atoms with van der Waals surface area (Å²) < 4.78 is 29.7. The lowest BCUT2D eigenvalue weighted by Crippen LogP contribution is -2.38. The van der Waals surface area contributed by atoms with Gasteiger partial charge in [0.05, 0.1) is 16.1 Å². The van der Waals surface area contributed by atoms with E-state index in [1.807, 2.05) is 30.2 Å². The maximum Gasteiger partial charge on any atom is 0.261 e. The molecule has 0 atom stereocenters. The number of hydrogen-bond acceptors (Lipinski definition) is 4. The molecule has 1 heterocycles. The first kappa shape index (κ1) is 22.4. The molecule has 1 aliphatic heterocycles. The second-order valence-electron chi connectivity index (χ2n) is 7.40. The average Bonchev–Trinajstić information content (AvgIpc) is 2.69. The number of benzene rings is 2. The van der Waals surface area contributed by atoms with Crippen molar-refractivity contribution in [2.24, 2.45) is 5.92 Å². The van der Waals surface area contributed by atoms with Gasteiger partial charge < -0.3 is 4.90 Å². The van der Waals surface area contributed by atoms with E-state index in [4.69, 9.17) is 0 Å². The predicted octanol–water partition coefficient (Wildman–Crippen LogP) is 4.99. The Kier molecular flexibility index (Phi) is 7.16. The molecule has 0 bridgehead atoms. The van der Waals surface area contributed by atoms with Crippen molar-refractivity contribution in [3.05, 3.63) is 51.1 Å². The topological polar surface area (TPSA) is 66.5 Å². The Morgan fingerprint density at radius 2 is 1.86 bits per heavy atom. The number of sulfonamides is 1. The Balaban J connectivity index is 1.91. The summed E-state index contributed by atoms with van der Waals surface area (Å²) in [5.41, 5.74) is 1.84. The van der Waals surface area contributed by atoms with Crippen LogP contribution in [0.4, 0.5) is 5.69 Å². The molecule has 1 fully saturated rings. The van der Waals surface area contributed by atoms with E-state index in [1.54, 1.807) is 18.2 Å². The molecule has 1 aliphatic rings. The second-order valence-corrected chi connectivity index (χ2v) is 11.2. The maximum absolute atomic E-state index is 13.1. The largest absolute Gasteiger partial charge is 0.339 e. The summed E-state index contributed by atoms with van der Waals surface area (Å²) in [7, 11) is -3.80. The number of rotatable bonds is 5. The maximum atomic E-state index is 13.1. The molecule has 8 heteroatoms. The van der Waals surface area contributed by atoms with Gasteiger partial charge in [0, 0.05) is 21.6 Å². The molecule has 29 heavy (non-hydrogen) atoms. The number of halogens is 1. The van der Waals surface area contributed by atoms with Crippen molar-refractivity contribution in [3.63, 3.8) is 0 Å². The summed E-state index contributed by atoms with van der Waals surface area (Å²) in [5.74, 6) is 0.524. The van der Waals surface area contributed by atoms with E-state index in [2.05, 4.69) is 34.2 Å². The van der Waals surface area contributed by atoms with Gasteiger partial charge in [-0.15, -0.1) is 11.8 Å². The molecular formula is C21H25IN2O3S2. The van der Waals surface area contributed by atoms with Gasteiger partial charge in [0.2, 0.25) is 0 Å². The summed E-state index contributed by atoms with van der Waals surface area (Å²) in [6, 6.07) is 10.3. The van der Waals surface area contributed by atoms with Crippen LogP contribution in [0, 0.1) is 16.4 Å². The predicted molar refractivity (Wildman–Crippen MR) is 127 cm³/mol. The lowest BCUT2D eigenvalue weighted by molar-refractivity contribution is 0.0693. The number of piperidine rings is 1. The van der Waals surface area contributed by atoms with Gasteiger partial charge in [0.15, 0.2) is 0 Å². The van der Waals surface area contributed by atoms with Gasteiger partial charge in [-0.05, 0) is 96.5 Å². The molecule has 3 rings (SSSR count). The first-order valence-corrected chi connectivity index (χ1v) is 13.3. The first-order valence-electron chi connectivity index (χ1n) is 9.47. The van der Waals surface area contributed by atoms with Crippen LogP contribution in [0.5, 0.6) is 0 Å². The lowest BCUT2D eigenvalue weighted by atomic mass is 9.98. The fourth-order valence-electron chi connectivity index (χ4n) is 3.35. The average molecular weight is 544 g/mol. The molecule has 1 N–H and O–H groups in total. The molecular weight excluding hydrogens is 519 g/mol. The van der Waals surface area contributed by atoms with Crippen molar-refractivity contribution >= 4 is 56.0 Å². The normalized spacial score (nSPS) is 15.4. The summed E-state index contributed by atoms with van der Waals surface area (Å²) in [6.45, 7) is 5.49. The van der Waals surface area contributed by atoms with E-state index in [1.165, 1.54) is 17.8 Å². The van der Waals surface area contributed by atoms with Crippen molar-refractivity contribution in [3.8, 4) is 0 Å². The summed E-state index contributed by atoms with van der Waals surface area (Å²) in [5, 5.41) is 0. The number of carbonyl (C=O) groups is 1. The van der Waals surface area contributed by atoms with Crippen LogP contribution in [0.2, 0.25) is 0 Å². The quantitative estimate of drug-likeness (QED) is 0.426. The Hall–Kier alpha value is -1.26. The van der Waals surface area contributed by atoms with Crippen molar-refractivity contribution in [2.45, 2.75) is 36.5 Å². The second kappa shape index (κ2) is 9.26. The highest BCUT2D eigenvalue weighted by atomic mass is 127. The van der Waals surface area contributed by atoms with E-state index in [0.717, 1.165) is 26.9 Å². The lowest BCUT2D eigenvalue weighted by Gasteiger charge is -2.30. The van der Waals surface area contributed by atoms with Crippen molar-refractivity contribution in [1.29, 1.82) is 0 Å². The highest BCUT2D eigenvalue weighted by Crippen LogP contribution is 2.28. The van der Waals surface area contributed by atoms with Crippen molar-refractivity contribution < 1.29 is 13.2 Å². The van der Waals surface area contributed by atoms with Crippen LogP contribution in [0.15, 0.2) is 46.2 Å². The summed E-state index contributed by atoms with van der Waals surface area (Å²) in [6.07, 6.45) is 3.85. The van der Waals surface area contributed by atoms with Crippen LogP contribution in [0.25, 0.3) is 0 Å². The van der Waals surface area contributed by atoms with Crippen LogP contribution < -0.4 is 4.72 Å². The van der Waals surface area contributed by atoms with Gasteiger partial charge >= 0.3 is 0 Å². The number of carbonyl (C=O) groups excluding carboxylic acids is 1. The number of hydrogen-bond donors (Lipinski definition) is 1. The number of thioether (sulfide) groups is 1.